The molecule has 1 aromatic carbocycles. The molecule has 0 heterocycles. The summed E-state index contributed by atoms with van der Waals surface area (Å²) in [5.41, 5.74) is 1.21. The zero-order valence-corrected chi connectivity index (χ0v) is 8.43. The topological polar surface area (TPSA) is 43.7 Å². The van der Waals surface area contributed by atoms with E-state index in [1.807, 2.05) is 42.3 Å². The maximum absolute atomic E-state index is 9.21. The highest BCUT2D eigenvalue weighted by Crippen LogP contribution is 2.02. The molecular formula is C11H17NO2. The highest BCUT2D eigenvalue weighted by atomic mass is 16.3. The van der Waals surface area contributed by atoms with Gasteiger partial charge in [0.15, 0.2) is 0 Å². The Balaban J connectivity index is 2.37. The van der Waals surface area contributed by atoms with Gasteiger partial charge in [0, 0.05) is 13.1 Å². The molecule has 78 valence electrons. The van der Waals surface area contributed by atoms with Gasteiger partial charge < -0.3 is 10.2 Å². The third-order valence-electron chi connectivity index (χ3n) is 2.03. The van der Waals surface area contributed by atoms with Crippen molar-refractivity contribution in [3.63, 3.8) is 0 Å². The standard InChI is InChI=1S/C11H17NO2/c1-12(8-11(14)9-13)7-10-5-3-2-4-6-10/h2-6,11,13-14H,7-9H2,1H3/t11-/m1/s1. The fourth-order valence-corrected chi connectivity index (χ4v) is 1.38. The van der Waals surface area contributed by atoms with Crippen LogP contribution in [0.25, 0.3) is 0 Å². The molecule has 0 saturated heterocycles. The van der Waals surface area contributed by atoms with Gasteiger partial charge in [-0.2, -0.15) is 0 Å². The minimum absolute atomic E-state index is 0.181. The van der Waals surface area contributed by atoms with E-state index in [4.69, 9.17) is 5.11 Å². The summed E-state index contributed by atoms with van der Waals surface area (Å²) >= 11 is 0. The van der Waals surface area contributed by atoms with Crippen molar-refractivity contribution < 1.29 is 10.2 Å². The Labute approximate surface area is 84.6 Å². The van der Waals surface area contributed by atoms with Gasteiger partial charge in [0.05, 0.1) is 12.7 Å². The first kappa shape index (κ1) is 11.2. The van der Waals surface area contributed by atoms with Gasteiger partial charge in [-0.05, 0) is 12.6 Å². The van der Waals surface area contributed by atoms with E-state index in [0.29, 0.717) is 6.54 Å². The summed E-state index contributed by atoms with van der Waals surface area (Å²) in [5.74, 6) is 0. The predicted octanol–water partition coefficient (Wildman–Crippen LogP) is 0.472. The third-order valence-corrected chi connectivity index (χ3v) is 2.03. The summed E-state index contributed by atoms with van der Waals surface area (Å²) in [6, 6.07) is 10.0. The lowest BCUT2D eigenvalue weighted by atomic mass is 10.2. The Hall–Kier alpha value is -0.900. The van der Waals surface area contributed by atoms with Crippen LogP contribution in [-0.4, -0.2) is 41.4 Å². The van der Waals surface area contributed by atoms with Crippen LogP contribution in [0.15, 0.2) is 30.3 Å². The molecule has 0 fully saturated rings. The Morgan fingerprint density at radius 1 is 1.29 bits per heavy atom. The van der Waals surface area contributed by atoms with E-state index in [9.17, 15) is 5.11 Å². The molecule has 3 heteroatoms. The van der Waals surface area contributed by atoms with Crippen molar-refractivity contribution in [2.45, 2.75) is 12.6 Å². The molecule has 14 heavy (non-hydrogen) atoms. The van der Waals surface area contributed by atoms with Crippen molar-refractivity contribution in [3.8, 4) is 0 Å². The van der Waals surface area contributed by atoms with Crippen LogP contribution in [0.4, 0.5) is 0 Å². The summed E-state index contributed by atoms with van der Waals surface area (Å²) in [4.78, 5) is 1.98. The molecule has 0 unspecified atom stereocenters. The molecular weight excluding hydrogens is 178 g/mol. The van der Waals surface area contributed by atoms with Crippen molar-refractivity contribution in [2.75, 3.05) is 20.2 Å². The second-order valence-corrected chi connectivity index (χ2v) is 3.52. The Bertz CT molecular complexity index is 251. The number of hydrogen-bond acceptors (Lipinski definition) is 3. The van der Waals surface area contributed by atoms with Crippen molar-refractivity contribution in [3.05, 3.63) is 35.9 Å². The number of benzene rings is 1. The Morgan fingerprint density at radius 3 is 2.50 bits per heavy atom. The molecule has 0 radical (unpaired) electrons. The summed E-state index contributed by atoms with van der Waals surface area (Å²) in [6.45, 7) is 1.10. The van der Waals surface area contributed by atoms with Crippen molar-refractivity contribution in [1.29, 1.82) is 0 Å². The van der Waals surface area contributed by atoms with Crippen LogP contribution >= 0.6 is 0 Å². The van der Waals surface area contributed by atoms with Gasteiger partial charge in [0.25, 0.3) is 0 Å². The van der Waals surface area contributed by atoms with Crippen molar-refractivity contribution in [1.82, 2.24) is 4.90 Å². The number of hydrogen-bond donors (Lipinski definition) is 2. The van der Waals surface area contributed by atoms with Gasteiger partial charge in [-0.15, -0.1) is 0 Å². The van der Waals surface area contributed by atoms with Crippen LogP contribution in [0.1, 0.15) is 5.56 Å². The van der Waals surface area contributed by atoms with Crippen LogP contribution in [0, 0.1) is 0 Å². The second-order valence-electron chi connectivity index (χ2n) is 3.52. The summed E-state index contributed by atoms with van der Waals surface area (Å²) in [5, 5.41) is 17.9. The van der Waals surface area contributed by atoms with E-state index in [2.05, 4.69) is 0 Å². The Kier molecular flexibility index (Phi) is 4.59. The Morgan fingerprint density at radius 2 is 1.93 bits per heavy atom. The maximum atomic E-state index is 9.21. The zero-order valence-electron chi connectivity index (χ0n) is 8.43. The fraction of sp³-hybridized carbons (Fsp3) is 0.455. The van der Waals surface area contributed by atoms with E-state index in [1.54, 1.807) is 0 Å². The van der Waals surface area contributed by atoms with Crippen LogP contribution in [-0.2, 0) is 6.54 Å². The minimum Gasteiger partial charge on any atom is -0.394 e. The average molecular weight is 195 g/mol. The first-order valence-corrected chi connectivity index (χ1v) is 4.73. The lowest BCUT2D eigenvalue weighted by Gasteiger charge is -2.19. The van der Waals surface area contributed by atoms with Crippen molar-refractivity contribution >= 4 is 0 Å². The lowest BCUT2D eigenvalue weighted by molar-refractivity contribution is 0.0648. The molecule has 0 bridgehead atoms. The lowest BCUT2D eigenvalue weighted by Crippen LogP contribution is -2.30. The number of aliphatic hydroxyl groups is 2. The number of rotatable bonds is 5. The molecule has 0 saturated carbocycles. The van der Waals surface area contributed by atoms with Crippen LogP contribution in [0.5, 0.6) is 0 Å². The van der Waals surface area contributed by atoms with Crippen molar-refractivity contribution in [2.24, 2.45) is 0 Å². The number of aliphatic hydroxyl groups excluding tert-OH is 2. The number of nitrogens with zero attached hydrogens (tertiary/aromatic N) is 1. The molecule has 0 aromatic heterocycles. The number of likely N-dealkylation sites (N-methyl/N-ethyl adjacent to an activating group) is 1. The largest absolute Gasteiger partial charge is 0.394 e. The molecule has 0 spiro atoms. The smallest absolute Gasteiger partial charge is 0.0897 e. The second kappa shape index (κ2) is 5.75. The van der Waals surface area contributed by atoms with Gasteiger partial charge in [0.1, 0.15) is 0 Å². The van der Waals surface area contributed by atoms with Crippen LogP contribution in [0.3, 0.4) is 0 Å². The average Bonchev–Trinajstić information content (AvgIpc) is 2.19. The van der Waals surface area contributed by atoms with Gasteiger partial charge in [-0.1, -0.05) is 30.3 Å². The van der Waals surface area contributed by atoms with Crippen LogP contribution in [0.2, 0.25) is 0 Å². The summed E-state index contributed by atoms with van der Waals surface area (Å²) < 4.78 is 0. The SMILES string of the molecule is CN(Cc1ccccc1)C[C@@H](O)CO. The maximum Gasteiger partial charge on any atom is 0.0897 e. The monoisotopic (exact) mass is 195 g/mol. The minimum atomic E-state index is -0.649. The zero-order chi connectivity index (χ0) is 10.4. The fourth-order valence-electron chi connectivity index (χ4n) is 1.38. The van der Waals surface area contributed by atoms with Gasteiger partial charge >= 0.3 is 0 Å². The normalized spacial score (nSPS) is 13.1. The van der Waals surface area contributed by atoms with Gasteiger partial charge in [-0.25, -0.2) is 0 Å². The first-order valence-electron chi connectivity index (χ1n) is 4.73. The third kappa shape index (κ3) is 3.87. The molecule has 0 amide bonds. The molecule has 2 N–H and O–H groups in total. The highest BCUT2D eigenvalue weighted by molar-refractivity contribution is 5.14. The molecule has 0 aliphatic carbocycles. The quantitative estimate of drug-likeness (QED) is 0.718. The van der Waals surface area contributed by atoms with E-state index >= 15 is 0 Å². The highest BCUT2D eigenvalue weighted by Gasteiger charge is 2.06. The van der Waals surface area contributed by atoms with E-state index in [1.165, 1.54) is 5.56 Å². The molecule has 0 aliphatic heterocycles. The molecule has 1 rings (SSSR count). The van der Waals surface area contributed by atoms with Gasteiger partial charge in [-0.3, -0.25) is 4.90 Å². The molecule has 1 aromatic rings. The van der Waals surface area contributed by atoms with Gasteiger partial charge in [0.2, 0.25) is 0 Å². The van der Waals surface area contributed by atoms with E-state index < -0.39 is 6.10 Å². The summed E-state index contributed by atoms with van der Waals surface area (Å²) in [6.07, 6.45) is -0.649. The predicted molar refractivity (Wildman–Crippen MR) is 55.9 cm³/mol. The first-order chi connectivity index (χ1) is 6.72. The van der Waals surface area contributed by atoms with E-state index in [0.717, 1.165) is 6.54 Å². The molecule has 1 atom stereocenters. The van der Waals surface area contributed by atoms with E-state index in [-0.39, 0.29) is 6.61 Å². The molecule has 0 aliphatic rings. The molecule has 3 nitrogen and oxygen atoms in total. The van der Waals surface area contributed by atoms with Crippen LogP contribution < -0.4 is 0 Å². The summed E-state index contributed by atoms with van der Waals surface area (Å²) in [7, 11) is 1.92.